The topological polar surface area (TPSA) is 108 Å². The van der Waals surface area contributed by atoms with Crippen molar-refractivity contribution in [3.63, 3.8) is 0 Å². The highest BCUT2D eigenvalue weighted by atomic mass is 17.2. The number of hydrogen-bond donors (Lipinski definition) is 0. The molecule has 0 amide bonds. The zero-order valence-electron chi connectivity index (χ0n) is 25.6. The Balaban J connectivity index is 1.33. The van der Waals surface area contributed by atoms with E-state index < -0.39 is 11.9 Å². The number of carbonyl (C=O) groups is 2. The molecule has 10 nitrogen and oxygen atoms in total. The first kappa shape index (κ1) is 34.7. The van der Waals surface area contributed by atoms with E-state index in [9.17, 15) is 9.59 Å². The molecule has 0 radical (unpaired) electrons. The molecule has 3 aromatic carbocycles. The summed E-state index contributed by atoms with van der Waals surface area (Å²) in [6, 6.07) is 19.2. The molecule has 0 fully saturated rings. The summed E-state index contributed by atoms with van der Waals surface area (Å²) >= 11 is 0. The molecule has 0 aliphatic heterocycles. The van der Waals surface area contributed by atoms with Crippen molar-refractivity contribution in [3.05, 3.63) is 103 Å². The van der Waals surface area contributed by atoms with Crippen molar-refractivity contribution in [2.75, 3.05) is 39.8 Å². The fourth-order valence-corrected chi connectivity index (χ4v) is 3.70. The van der Waals surface area contributed by atoms with Gasteiger partial charge in [-0.1, -0.05) is 12.7 Å². The average Bonchev–Trinajstić information content (AvgIpc) is 3.06. The van der Waals surface area contributed by atoms with Crippen molar-refractivity contribution in [2.45, 2.75) is 32.6 Å². The van der Waals surface area contributed by atoms with E-state index in [2.05, 4.69) is 13.2 Å². The van der Waals surface area contributed by atoms with Gasteiger partial charge in [-0.15, -0.1) is 6.58 Å². The molecule has 0 spiro atoms. The van der Waals surface area contributed by atoms with Crippen LogP contribution in [0.4, 0.5) is 0 Å². The number of esters is 2. The third kappa shape index (κ3) is 13.6. The Morgan fingerprint density at radius 1 is 0.667 bits per heavy atom. The van der Waals surface area contributed by atoms with Crippen LogP contribution in [0.1, 0.15) is 41.6 Å². The van der Waals surface area contributed by atoms with E-state index in [4.69, 9.17) is 38.2 Å². The van der Waals surface area contributed by atoms with E-state index >= 15 is 0 Å². The van der Waals surface area contributed by atoms with Crippen LogP contribution < -0.4 is 23.7 Å². The van der Waals surface area contributed by atoms with E-state index in [1.807, 2.05) is 31.2 Å². The Morgan fingerprint density at radius 3 is 1.84 bits per heavy atom. The summed E-state index contributed by atoms with van der Waals surface area (Å²) in [4.78, 5) is 33.6. The molecule has 0 N–H and O–H groups in total. The molecule has 0 saturated heterocycles. The maximum atomic E-state index is 12.7. The standard InChI is InChI=1S/C35H40O10/c1-4-20-43-44-24-9-8-22-39-30-14-16-31(17-15-30)41-26-42-32-18-19-33(27(3)25-32)45-35(37)28-10-12-29(13-11-28)38-21-6-7-23-40-34(36)5-2/h4-5,10-19,25H,1-2,6-9,20-24,26H2,3H3. The van der Waals surface area contributed by atoms with E-state index in [1.54, 1.807) is 48.5 Å². The third-order valence-corrected chi connectivity index (χ3v) is 6.09. The van der Waals surface area contributed by atoms with Crippen molar-refractivity contribution in [1.82, 2.24) is 0 Å². The van der Waals surface area contributed by atoms with Gasteiger partial charge in [0.15, 0.2) is 0 Å². The summed E-state index contributed by atoms with van der Waals surface area (Å²) in [6.45, 7) is 11.0. The van der Waals surface area contributed by atoms with Crippen molar-refractivity contribution in [1.29, 1.82) is 0 Å². The van der Waals surface area contributed by atoms with Crippen LogP contribution in [-0.4, -0.2) is 51.8 Å². The fourth-order valence-electron chi connectivity index (χ4n) is 3.70. The van der Waals surface area contributed by atoms with Crippen LogP contribution in [0.5, 0.6) is 28.7 Å². The van der Waals surface area contributed by atoms with E-state index in [-0.39, 0.29) is 6.79 Å². The Hall–Kier alpha value is -4.80. The minimum Gasteiger partial charge on any atom is -0.494 e. The maximum Gasteiger partial charge on any atom is 0.343 e. The number of benzene rings is 3. The SMILES string of the molecule is C=CCOOCCCCOc1ccc(OCOc2ccc(OC(=O)c3ccc(OCCCCOC(=O)C=C)cc3)c(C)c2)cc1. The Morgan fingerprint density at radius 2 is 1.22 bits per heavy atom. The first-order valence-corrected chi connectivity index (χ1v) is 14.7. The molecule has 0 heterocycles. The van der Waals surface area contributed by atoms with Crippen LogP contribution >= 0.6 is 0 Å². The molecule has 10 heteroatoms. The molecule has 3 aromatic rings. The number of carbonyl (C=O) groups excluding carboxylic acids is 2. The molecule has 0 aromatic heterocycles. The van der Waals surface area contributed by atoms with Crippen molar-refractivity contribution < 1.29 is 47.8 Å². The van der Waals surface area contributed by atoms with Gasteiger partial charge in [0, 0.05) is 6.08 Å². The highest BCUT2D eigenvalue weighted by Crippen LogP contribution is 2.25. The Labute approximate surface area is 264 Å². The van der Waals surface area contributed by atoms with Crippen molar-refractivity contribution >= 4 is 11.9 Å². The molecular formula is C35H40O10. The largest absolute Gasteiger partial charge is 0.494 e. The van der Waals surface area contributed by atoms with Crippen molar-refractivity contribution in [2.24, 2.45) is 0 Å². The molecule has 3 rings (SSSR count). The number of hydrogen-bond acceptors (Lipinski definition) is 10. The monoisotopic (exact) mass is 620 g/mol. The molecule has 0 atom stereocenters. The second-order valence-electron chi connectivity index (χ2n) is 9.60. The zero-order valence-corrected chi connectivity index (χ0v) is 25.6. The van der Waals surface area contributed by atoms with Crippen LogP contribution in [0.25, 0.3) is 0 Å². The molecule has 45 heavy (non-hydrogen) atoms. The minimum atomic E-state index is -0.485. The van der Waals surface area contributed by atoms with E-state index in [1.165, 1.54) is 0 Å². The highest BCUT2D eigenvalue weighted by molar-refractivity contribution is 5.91. The number of aryl methyl sites for hydroxylation is 1. The van der Waals surface area contributed by atoms with Crippen LogP contribution in [-0.2, 0) is 19.3 Å². The van der Waals surface area contributed by atoms with Gasteiger partial charge < -0.3 is 28.4 Å². The lowest BCUT2D eigenvalue weighted by molar-refractivity contribution is -0.286. The second kappa shape index (κ2) is 20.2. The molecule has 0 aliphatic carbocycles. The molecule has 0 saturated carbocycles. The normalized spacial score (nSPS) is 10.4. The van der Waals surface area contributed by atoms with Gasteiger partial charge in [0.05, 0.1) is 32.0 Å². The first-order chi connectivity index (χ1) is 22.0. The van der Waals surface area contributed by atoms with Crippen LogP contribution in [0.3, 0.4) is 0 Å². The summed E-state index contributed by atoms with van der Waals surface area (Å²) in [5.74, 6) is 2.09. The van der Waals surface area contributed by atoms with Gasteiger partial charge in [0.1, 0.15) is 35.4 Å². The molecule has 0 aliphatic rings. The molecule has 240 valence electrons. The Kier molecular flexibility index (Phi) is 15.6. The maximum absolute atomic E-state index is 12.7. The smallest absolute Gasteiger partial charge is 0.343 e. The number of unbranched alkanes of at least 4 members (excludes halogenated alkanes) is 2. The van der Waals surface area contributed by atoms with Crippen LogP contribution in [0, 0.1) is 6.92 Å². The van der Waals surface area contributed by atoms with Crippen LogP contribution in [0.15, 0.2) is 92.0 Å². The minimum absolute atomic E-state index is 0.00386. The summed E-state index contributed by atoms with van der Waals surface area (Å²) in [5, 5.41) is 0. The quantitative estimate of drug-likeness (QED) is 0.0174. The summed E-state index contributed by atoms with van der Waals surface area (Å²) in [7, 11) is 0. The number of ether oxygens (including phenoxy) is 6. The lowest BCUT2D eigenvalue weighted by atomic mass is 10.2. The molecule has 0 unspecified atom stereocenters. The van der Waals surface area contributed by atoms with Gasteiger partial charge in [0.2, 0.25) is 6.79 Å². The second-order valence-corrected chi connectivity index (χ2v) is 9.60. The average molecular weight is 621 g/mol. The van der Waals surface area contributed by atoms with E-state index in [0.29, 0.717) is 74.4 Å². The third-order valence-electron chi connectivity index (χ3n) is 6.09. The van der Waals surface area contributed by atoms with Gasteiger partial charge in [-0.3, -0.25) is 0 Å². The summed E-state index contributed by atoms with van der Waals surface area (Å²) in [6.07, 6.45) is 5.82. The van der Waals surface area contributed by atoms with Crippen molar-refractivity contribution in [3.8, 4) is 28.7 Å². The van der Waals surface area contributed by atoms with Gasteiger partial charge in [-0.25, -0.2) is 19.4 Å². The summed E-state index contributed by atoms with van der Waals surface area (Å²) in [5.41, 5.74) is 1.12. The molecule has 0 bridgehead atoms. The van der Waals surface area contributed by atoms with Gasteiger partial charge in [-0.05, 0) is 105 Å². The van der Waals surface area contributed by atoms with Gasteiger partial charge >= 0.3 is 11.9 Å². The zero-order chi connectivity index (χ0) is 32.1. The highest BCUT2D eigenvalue weighted by Gasteiger charge is 2.12. The van der Waals surface area contributed by atoms with E-state index in [0.717, 1.165) is 30.2 Å². The van der Waals surface area contributed by atoms with Crippen LogP contribution in [0.2, 0.25) is 0 Å². The molecular weight excluding hydrogens is 580 g/mol. The summed E-state index contributed by atoms with van der Waals surface area (Å²) < 4.78 is 33.3. The predicted octanol–water partition coefficient (Wildman–Crippen LogP) is 6.81. The lowest BCUT2D eigenvalue weighted by Crippen LogP contribution is -2.10. The Bertz CT molecular complexity index is 1340. The van der Waals surface area contributed by atoms with Gasteiger partial charge in [-0.2, -0.15) is 0 Å². The number of rotatable bonds is 22. The fraction of sp³-hybridized carbons (Fsp3) is 0.314. The lowest BCUT2D eigenvalue weighted by Gasteiger charge is -2.12. The predicted molar refractivity (Wildman–Crippen MR) is 168 cm³/mol. The van der Waals surface area contributed by atoms with Gasteiger partial charge in [0.25, 0.3) is 0 Å². The first-order valence-electron chi connectivity index (χ1n) is 14.7.